The molecule has 2 aromatic carbocycles. The lowest BCUT2D eigenvalue weighted by Gasteiger charge is -2.37. The number of carbonyl (C=O) groups excluding carboxylic acids is 2. The maximum atomic E-state index is 14.0. The van der Waals surface area contributed by atoms with Gasteiger partial charge in [0.25, 0.3) is 5.91 Å². The lowest BCUT2D eigenvalue weighted by molar-refractivity contribution is -0.124. The number of rotatable bonds is 13. The van der Waals surface area contributed by atoms with Crippen molar-refractivity contribution < 1.29 is 19.1 Å². The second kappa shape index (κ2) is 14.5. The number of anilines is 1. The summed E-state index contributed by atoms with van der Waals surface area (Å²) in [5.41, 5.74) is 2.78. The summed E-state index contributed by atoms with van der Waals surface area (Å²) < 4.78 is 11.2. The lowest BCUT2D eigenvalue weighted by Crippen LogP contribution is -2.38. The number of benzene rings is 2. The van der Waals surface area contributed by atoms with Crippen molar-refractivity contribution in [1.29, 1.82) is 0 Å². The fourth-order valence-corrected chi connectivity index (χ4v) is 5.18. The molecule has 0 aliphatic heterocycles. The van der Waals surface area contributed by atoms with E-state index < -0.39 is 0 Å². The van der Waals surface area contributed by atoms with Crippen molar-refractivity contribution in [3.8, 4) is 11.5 Å². The third kappa shape index (κ3) is 8.31. The maximum Gasteiger partial charge on any atom is 0.253 e. The van der Waals surface area contributed by atoms with Crippen molar-refractivity contribution >= 4 is 17.5 Å². The van der Waals surface area contributed by atoms with Crippen molar-refractivity contribution in [3.05, 3.63) is 83.7 Å². The quantitative estimate of drug-likeness (QED) is 0.226. The van der Waals surface area contributed by atoms with Gasteiger partial charge in [0.15, 0.2) is 0 Å². The molecular weight excluding hydrogens is 502 g/mol. The minimum absolute atomic E-state index is 0.0385. The Balaban J connectivity index is 1.85. The molecule has 3 aromatic rings. The topological polar surface area (TPSA) is 89.5 Å². The number of nitrogens with zero attached hydrogens (tertiary/aromatic N) is 1. The number of ether oxygens (including phenoxy) is 2. The van der Waals surface area contributed by atoms with E-state index in [1.165, 1.54) is 6.20 Å². The molecule has 2 N–H and O–H groups in total. The number of aromatic nitrogens is 1. The molecule has 2 amide bonds. The third-order valence-electron chi connectivity index (χ3n) is 7.15. The highest BCUT2D eigenvalue weighted by Crippen LogP contribution is 2.45. The van der Waals surface area contributed by atoms with Crippen molar-refractivity contribution in [2.45, 2.75) is 65.8 Å². The zero-order valence-corrected chi connectivity index (χ0v) is 24.6. The number of amides is 2. The zero-order valence-electron chi connectivity index (χ0n) is 24.6. The van der Waals surface area contributed by atoms with Crippen molar-refractivity contribution in [1.82, 2.24) is 10.3 Å². The molecule has 2 unspecified atom stereocenters. The van der Waals surface area contributed by atoms with E-state index in [9.17, 15) is 9.59 Å². The second-order valence-corrected chi connectivity index (χ2v) is 11.2. The fourth-order valence-electron chi connectivity index (χ4n) is 5.18. The summed E-state index contributed by atoms with van der Waals surface area (Å²) in [4.78, 5) is 30.5. The molecule has 0 bridgehead atoms. The van der Waals surface area contributed by atoms with Crippen LogP contribution in [0.4, 0.5) is 5.69 Å². The Kier molecular flexibility index (Phi) is 11.1. The average molecular weight is 546 g/mol. The van der Waals surface area contributed by atoms with Gasteiger partial charge in [0.2, 0.25) is 5.91 Å². The molecule has 40 heavy (non-hydrogen) atoms. The highest BCUT2D eigenvalue weighted by atomic mass is 16.5. The van der Waals surface area contributed by atoms with E-state index in [-0.39, 0.29) is 29.1 Å². The van der Waals surface area contributed by atoms with Gasteiger partial charge in [0.1, 0.15) is 11.5 Å². The molecule has 7 nitrogen and oxygen atoms in total. The van der Waals surface area contributed by atoms with E-state index in [2.05, 4.69) is 43.3 Å². The normalized spacial score (nSPS) is 12.8. The largest absolute Gasteiger partial charge is 0.497 e. The molecule has 0 spiro atoms. The van der Waals surface area contributed by atoms with Gasteiger partial charge in [-0.1, -0.05) is 65.2 Å². The average Bonchev–Trinajstić information content (AvgIpc) is 2.95. The molecule has 0 aliphatic carbocycles. The molecule has 0 radical (unpaired) electrons. The minimum Gasteiger partial charge on any atom is -0.497 e. The first kappa shape index (κ1) is 30.7. The Labute approximate surface area is 238 Å². The Morgan fingerprint density at radius 3 is 2.42 bits per heavy atom. The SMILES string of the molecule is CCCCCC(c1ccc(OC)cc1OC)C(C(=O)Nc1cccc(CNC(=O)c2cccnc2)c1)C(C)(C)C. The number of hydrogen-bond acceptors (Lipinski definition) is 5. The predicted octanol–water partition coefficient (Wildman–Crippen LogP) is 6.99. The van der Waals surface area contributed by atoms with Gasteiger partial charge in [-0.25, -0.2) is 0 Å². The van der Waals surface area contributed by atoms with E-state index in [0.717, 1.165) is 48.3 Å². The molecule has 1 heterocycles. The highest BCUT2D eigenvalue weighted by Gasteiger charge is 2.39. The Bertz CT molecular complexity index is 1250. The summed E-state index contributed by atoms with van der Waals surface area (Å²) in [6, 6.07) is 16.9. The number of hydrogen-bond donors (Lipinski definition) is 2. The summed E-state index contributed by atoms with van der Waals surface area (Å²) in [7, 11) is 3.29. The summed E-state index contributed by atoms with van der Waals surface area (Å²) in [6.07, 6.45) is 7.25. The smallest absolute Gasteiger partial charge is 0.253 e. The van der Waals surface area contributed by atoms with Gasteiger partial charge in [-0.3, -0.25) is 14.6 Å². The van der Waals surface area contributed by atoms with Gasteiger partial charge in [-0.05, 0) is 59.2 Å². The number of methoxy groups -OCH3 is 2. The van der Waals surface area contributed by atoms with Gasteiger partial charge in [0, 0.05) is 30.7 Å². The fraction of sp³-hybridized carbons (Fsp3) is 0.424. The van der Waals surface area contributed by atoms with E-state index >= 15 is 0 Å². The number of pyridine rings is 1. The lowest BCUT2D eigenvalue weighted by atomic mass is 9.68. The first-order chi connectivity index (χ1) is 19.2. The van der Waals surface area contributed by atoms with Crippen molar-refractivity contribution in [2.75, 3.05) is 19.5 Å². The third-order valence-corrected chi connectivity index (χ3v) is 7.15. The number of unbranched alkanes of at least 4 members (excludes halogenated alkanes) is 2. The molecule has 0 aliphatic rings. The van der Waals surface area contributed by atoms with Crippen LogP contribution in [0.1, 0.15) is 80.8 Å². The molecule has 0 saturated heterocycles. The van der Waals surface area contributed by atoms with Crippen LogP contribution in [-0.4, -0.2) is 31.0 Å². The number of nitrogens with one attached hydrogen (secondary N) is 2. The molecule has 0 saturated carbocycles. The van der Waals surface area contributed by atoms with Crippen LogP contribution in [-0.2, 0) is 11.3 Å². The molecule has 3 rings (SSSR count). The monoisotopic (exact) mass is 545 g/mol. The molecule has 1 aromatic heterocycles. The van der Waals surface area contributed by atoms with Crippen LogP contribution in [0.5, 0.6) is 11.5 Å². The van der Waals surface area contributed by atoms with Gasteiger partial charge < -0.3 is 20.1 Å². The summed E-state index contributed by atoms with van der Waals surface area (Å²) in [5, 5.41) is 6.10. The summed E-state index contributed by atoms with van der Waals surface area (Å²) >= 11 is 0. The van der Waals surface area contributed by atoms with Crippen LogP contribution in [0, 0.1) is 11.3 Å². The summed E-state index contributed by atoms with van der Waals surface area (Å²) in [5.74, 6) is 0.850. The van der Waals surface area contributed by atoms with Gasteiger partial charge >= 0.3 is 0 Å². The van der Waals surface area contributed by atoms with Crippen LogP contribution in [0.15, 0.2) is 67.0 Å². The van der Waals surface area contributed by atoms with Crippen LogP contribution < -0.4 is 20.1 Å². The van der Waals surface area contributed by atoms with Gasteiger partial charge in [0.05, 0.1) is 25.7 Å². The zero-order chi connectivity index (χ0) is 29.1. The Morgan fingerprint density at radius 2 is 1.77 bits per heavy atom. The second-order valence-electron chi connectivity index (χ2n) is 11.2. The van der Waals surface area contributed by atoms with Crippen LogP contribution in [0.3, 0.4) is 0 Å². The van der Waals surface area contributed by atoms with Gasteiger partial charge in [-0.2, -0.15) is 0 Å². The van der Waals surface area contributed by atoms with E-state index in [4.69, 9.17) is 9.47 Å². The first-order valence-corrected chi connectivity index (χ1v) is 14.0. The summed E-state index contributed by atoms with van der Waals surface area (Å²) in [6.45, 7) is 8.87. The molecular formula is C33H43N3O4. The first-order valence-electron chi connectivity index (χ1n) is 14.0. The van der Waals surface area contributed by atoms with Crippen LogP contribution in [0.2, 0.25) is 0 Å². The van der Waals surface area contributed by atoms with Crippen LogP contribution in [0.25, 0.3) is 0 Å². The van der Waals surface area contributed by atoms with Crippen molar-refractivity contribution in [2.24, 2.45) is 11.3 Å². The predicted molar refractivity (Wildman–Crippen MR) is 160 cm³/mol. The van der Waals surface area contributed by atoms with Crippen LogP contribution >= 0.6 is 0 Å². The minimum atomic E-state index is -0.319. The molecule has 7 heteroatoms. The Morgan fingerprint density at radius 1 is 0.975 bits per heavy atom. The number of carbonyl (C=O) groups is 2. The standard InChI is InChI=1S/C33H43N3O4/c1-7-8-9-15-28(27-17-16-26(39-5)20-29(27)40-6)30(33(2,3)4)32(38)36-25-14-10-12-23(19-25)21-35-31(37)24-13-11-18-34-22-24/h10-14,16-20,22,28,30H,7-9,15,21H2,1-6H3,(H,35,37)(H,36,38). The molecule has 0 fully saturated rings. The van der Waals surface area contributed by atoms with E-state index in [1.54, 1.807) is 32.5 Å². The molecule has 2 atom stereocenters. The van der Waals surface area contributed by atoms with Crippen molar-refractivity contribution in [3.63, 3.8) is 0 Å². The molecule has 214 valence electrons. The van der Waals surface area contributed by atoms with E-state index in [0.29, 0.717) is 17.8 Å². The Hall–Kier alpha value is -3.87. The van der Waals surface area contributed by atoms with E-state index in [1.807, 2.05) is 42.5 Å². The maximum absolute atomic E-state index is 14.0. The highest BCUT2D eigenvalue weighted by molar-refractivity contribution is 5.94. The van der Waals surface area contributed by atoms with Gasteiger partial charge in [-0.15, -0.1) is 0 Å².